The minimum atomic E-state index is -1.29. The molecular formula is C12H20ClNO6. The summed E-state index contributed by atoms with van der Waals surface area (Å²) in [5.74, 6) is -3.33. The molecule has 20 heavy (non-hydrogen) atoms. The molecule has 0 heterocycles. The maximum absolute atomic E-state index is 10.3. The maximum atomic E-state index is 10.3. The highest BCUT2D eigenvalue weighted by atomic mass is 35.5. The minimum absolute atomic E-state index is 0. The SMILES string of the molecule is C[N+](C)(C)CCO.O=C(O)c1cc(O)c(O)c(O)c1.[Cl-]. The van der Waals surface area contributed by atoms with E-state index in [9.17, 15) is 4.79 Å². The van der Waals surface area contributed by atoms with Crippen LogP contribution in [0.25, 0.3) is 0 Å². The van der Waals surface area contributed by atoms with Crippen molar-refractivity contribution in [1.82, 2.24) is 0 Å². The van der Waals surface area contributed by atoms with E-state index in [4.69, 9.17) is 25.5 Å². The van der Waals surface area contributed by atoms with Crippen molar-refractivity contribution in [3.05, 3.63) is 17.7 Å². The largest absolute Gasteiger partial charge is 1.00 e. The molecule has 1 rings (SSSR count). The Kier molecular flexibility index (Phi) is 8.73. The fraction of sp³-hybridized carbons (Fsp3) is 0.417. The second-order valence-corrected chi connectivity index (χ2v) is 4.91. The summed E-state index contributed by atoms with van der Waals surface area (Å²) in [5.41, 5.74) is -0.289. The van der Waals surface area contributed by atoms with Crippen LogP contribution in [0.2, 0.25) is 0 Å². The van der Waals surface area contributed by atoms with Crippen LogP contribution in [0.15, 0.2) is 12.1 Å². The number of aliphatic hydroxyl groups is 1. The molecular weight excluding hydrogens is 290 g/mol. The third kappa shape index (κ3) is 7.67. The van der Waals surface area contributed by atoms with Crippen LogP contribution in [0, 0.1) is 0 Å². The predicted molar refractivity (Wildman–Crippen MR) is 68.4 cm³/mol. The standard InChI is InChI=1S/C7H6O5.C5H14NO.ClH/c8-4-1-3(7(11)12)2-5(9)6(4)10;1-6(2,3)4-5-7;/h1-2,8-10H,(H,11,12);7H,4-5H2,1-3H3;1H/q;+1;/p-1. The number of hydrogen-bond donors (Lipinski definition) is 5. The molecule has 7 nitrogen and oxygen atoms in total. The number of aromatic carboxylic acids is 1. The van der Waals surface area contributed by atoms with Crippen molar-refractivity contribution in [3.63, 3.8) is 0 Å². The van der Waals surface area contributed by atoms with Crippen molar-refractivity contribution >= 4 is 5.97 Å². The number of carboxylic acids is 1. The minimum Gasteiger partial charge on any atom is -1.00 e. The first-order valence-electron chi connectivity index (χ1n) is 5.48. The van der Waals surface area contributed by atoms with Crippen molar-refractivity contribution in [2.45, 2.75) is 0 Å². The fourth-order valence-corrected chi connectivity index (χ4v) is 1.03. The lowest BCUT2D eigenvalue weighted by Crippen LogP contribution is -3.00. The molecule has 0 saturated heterocycles. The lowest BCUT2D eigenvalue weighted by Gasteiger charge is -2.21. The van der Waals surface area contributed by atoms with E-state index in [1.165, 1.54) is 0 Å². The molecule has 0 fully saturated rings. The Bertz CT molecular complexity index is 421. The quantitative estimate of drug-likeness (QED) is 0.304. The first-order valence-corrected chi connectivity index (χ1v) is 5.48. The highest BCUT2D eigenvalue weighted by Gasteiger charge is 2.11. The molecule has 0 amide bonds. The Morgan fingerprint density at radius 3 is 1.70 bits per heavy atom. The summed E-state index contributed by atoms with van der Waals surface area (Å²) in [4.78, 5) is 10.3. The maximum Gasteiger partial charge on any atom is 0.335 e. The van der Waals surface area contributed by atoms with Gasteiger partial charge < -0.3 is 42.4 Å². The van der Waals surface area contributed by atoms with Crippen LogP contribution in [0.3, 0.4) is 0 Å². The molecule has 0 radical (unpaired) electrons. The number of halogens is 1. The number of phenolic OH excluding ortho intramolecular Hbond substituents is 3. The average Bonchev–Trinajstić information content (AvgIpc) is 2.24. The van der Waals surface area contributed by atoms with Crippen LogP contribution in [0.1, 0.15) is 10.4 Å². The van der Waals surface area contributed by atoms with E-state index < -0.39 is 23.2 Å². The van der Waals surface area contributed by atoms with Crippen LogP contribution in [-0.2, 0) is 0 Å². The lowest BCUT2D eigenvalue weighted by atomic mass is 10.2. The van der Waals surface area contributed by atoms with E-state index in [0.717, 1.165) is 23.2 Å². The summed E-state index contributed by atoms with van der Waals surface area (Å²) in [5, 5.41) is 43.3. The Morgan fingerprint density at radius 2 is 1.50 bits per heavy atom. The zero-order valence-electron chi connectivity index (χ0n) is 11.5. The van der Waals surface area contributed by atoms with E-state index in [2.05, 4.69) is 21.1 Å². The first-order chi connectivity index (χ1) is 8.58. The zero-order valence-corrected chi connectivity index (χ0v) is 12.3. The molecule has 5 N–H and O–H groups in total. The van der Waals surface area contributed by atoms with Gasteiger partial charge in [0.2, 0.25) is 0 Å². The van der Waals surface area contributed by atoms with Gasteiger partial charge in [0.1, 0.15) is 6.54 Å². The van der Waals surface area contributed by atoms with Gasteiger partial charge in [-0.15, -0.1) is 0 Å². The number of aliphatic hydroxyl groups excluding tert-OH is 1. The van der Waals surface area contributed by atoms with Crippen molar-refractivity contribution in [1.29, 1.82) is 0 Å². The Morgan fingerprint density at radius 1 is 1.10 bits per heavy atom. The van der Waals surface area contributed by atoms with E-state index in [1.807, 2.05) is 0 Å². The molecule has 0 atom stereocenters. The van der Waals surface area contributed by atoms with Crippen LogP contribution in [0.4, 0.5) is 0 Å². The summed E-state index contributed by atoms with van der Waals surface area (Å²) in [6.07, 6.45) is 0. The first kappa shape index (κ1) is 20.6. The molecule has 8 heteroatoms. The molecule has 116 valence electrons. The van der Waals surface area contributed by atoms with Crippen molar-refractivity contribution < 1.29 is 47.2 Å². The number of aromatic hydroxyl groups is 3. The molecule has 0 aliphatic carbocycles. The van der Waals surface area contributed by atoms with Gasteiger partial charge in [0.05, 0.1) is 33.3 Å². The third-order valence-electron chi connectivity index (χ3n) is 2.09. The van der Waals surface area contributed by atoms with Gasteiger partial charge in [0, 0.05) is 0 Å². The summed E-state index contributed by atoms with van der Waals surface area (Å²) < 4.78 is 0.844. The van der Waals surface area contributed by atoms with Gasteiger partial charge in [-0.25, -0.2) is 4.79 Å². The average molecular weight is 310 g/mol. The van der Waals surface area contributed by atoms with E-state index in [0.29, 0.717) is 0 Å². The van der Waals surface area contributed by atoms with Crippen LogP contribution in [-0.4, -0.2) is 70.3 Å². The summed E-state index contributed by atoms with van der Waals surface area (Å²) in [6, 6.07) is 1.69. The number of phenols is 3. The van der Waals surface area contributed by atoms with Gasteiger partial charge in [0.25, 0.3) is 0 Å². The number of quaternary nitrogens is 1. The number of rotatable bonds is 3. The van der Waals surface area contributed by atoms with E-state index in [1.54, 1.807) is 0 Å². The second-order valence-electron chi connectivity index (χ2n) is 4.91. The highest BCUT2D eigenvalue weighted by Crippen LogP contribution is 2.35. The molecule has 0 aromatic heterocycles. The smallest absolute Gasteiger partial charge is 0.335 e. The number of hydrogen-bond acceptors (Lipinski definition) is 5. The van der Waals surface area contributed by atoms with Crippen LogP contribution in [0.5, 0.6) is 17.2 Å². The summed E-state index contributed by atoms with van der Waals surface area (Å²) in [6.45, 7) is 1.11. The third-order valence-corrected chi connectivity index (χ3v) is 2.09. The number of carbonyl (C=O) groups is 1. The summed E-state index contributed by atoms with van der Waals surface area (Å²) in [7, 11) is 6.16. The van der Waals surface area contributed by atoms with Gasteiger partial charge >= 0.3 is 5.97 Å². The van der Waals surface area contributed by atoms with Gasteiger partial charge in [0.15, 0.2) is 17.2 Å². The zero-order chi connectivity index (χ0) is 15.2. The number of benzene rings is 1. The molecule has 0 unspecified atom stereocenters. The van der Waals surface area contributed by atoms with Crippen LogP contribution < -0.4 is 12.4 Å². The van der Waals surface area contributed by atoms with Crippen LogP contribution >= 0.6 is 0 Å². The van der Waals surface area contributed by atoms with Gasteiger partial charge in [-0.3, -0.25) is 0 Å². The fourth-order valence-electron chi connectivity index (χ4n) is 1.03. The normalized spacial score (nSPS) is 10.0. The van der Waals surface area contributed by atoms with Gasteiger partial charge in [-0.05, 0) is 12.1 Å². The molecule has 1 aromatic carbocycles. The molecule has 0 saturated carbocycles. The molecule has 0 aliphatic heterocycles. The van der Waals surface area contributed by atoms with Crippen molar-refractivity contribution in [2.24, 2.45) is 0 Å². The number of nitrogens with zero attached hydrogens (tertiary/aromatic N) is 1. The van der Waals surface area contributed by atoms with Gasteiger partial charge in [-0.2, -0.15) is 0 Å². The second kappa shape index (κ2) is 8.47. The van der Waals surface area contributed by atoms with E-state index in [-0.39, 0.29) is 24.6 Å². The number of carboxylic acid groups (broad SMARTS) is 1. The van der Waals surface area contributed by atoms with Crippen molar-refractivity contribution in [3.8, 4) is 17.2 Å². The Hall–Kier alpha value is -1.70. The topological polar surface area (TPSA) is 118 Å². The monoisotopic (exact) mass is 309 g/mol. The molecule has 0 spiro atoms. The van der Waals surface area contributed by atoms with Gasteiger partial charge in [-0.1, -0.05) is 0 Å². The molecule has 1 aromatic rings. The Balaban J connectivity index is 0. The number of likely N-dealkylation sites (N-methyl/N-ethyl adjacent to an activating group) is 1. The predicted octanol–water partition coefficient (Wildman–Crippen LogP) is -2.81. The van der Waals surface area contributed by atoms with E-state index >= 15 is 0 Å². The summed E-state index contributed by atoms with van der Waals surface area (Å²) >= 11 is 0. The Labute approximate surface area is 123 Å². The molecule has 0 bridgehead atoms. The lowest BCUT2D eigenvalue weighted by molar-refractivity contribution is -0.870. The van der Waals surface area contributed by atoms with Crippen molar-refractivity contribution in [2.75, 3.05) is 34.3 Å². The highest BCUT2D eigenvalue weighted by molar-refractivity contribution is 5.89. The molecule has 0 aliphatic rings.